The Hall–Kier alpha value is -3.03. The molecule has 6 nitrogen and oxygen atoms in total. The van der Waals surface area contributed by atoms with E-state index in [2.05, 4.69) is 14.8 Å². The minimum Gasteiger partial charge on any atom is -0.478 e. The largest absolute Gasteiger partial charge is 0.586 e. The number of fused-ring (bicyclic) bond motifs is 1. The van der Waals surface area contributed by atoms with E-state index in [4.69, 9.17) is 10.8 Å². The Kier molecular flexibility index (Phi) is 3.44. The molecule has 1 aliphatic rings. The van der Waals surface area contributed by atoms with Crippen molar-refractivity contribution in [2.75, 3.05) is 11.1 Å². The Morgan fingerprint density at radius 3 is 2.74 bits per heavy atom. The number of hydrogen-bond acceptors (Lipinski definition) is 5. The molecule has 0 unspecified atom stereocenters. The number of anilines is 2. The summed E-state index contributed by atoms with van der Waals surface area (Å²) in [5.41, 5.74) is 7.02. The van der Waals surface area contributed by atoms with Crippen molar-refractivity contribution in [2.45, 2.75) is 12.8 Å². The van der Waals surface area contributed by atoms with E-state index in [0.717, 1.165) is 0 Å². The molecule has 4 N–H and O–H groups in total. The molecule has 3 rings (SSSR count). The molecule has 0 saturated carbocycles. The van der Waals surface area contributed by atoms with Gasteiger partial charge in [-0.1, -0.05) is 12.1 Å². The van der Waals surface area contributed by atoms with Crippen LogP contribution in [-0.4, -0.2) is 17.4 Å². The molecule has 23 heavy (non-hydrogen) atoms. The van der Waals surface area contributed by atoms with Gasteiger partial charge in [-0.05, 0) is 24.3 Å². The van der Waals surface area contributed by atoms with Gasteiger partial charge in [0.2, 0.25) is 0 Å². The number of ether oxygens (including phenoxy) is 2. The fourth-order valence-electron chi connectivity index (χ4n) is 2.21. The molecule has 1 heterocycles. The fraction of sp³-hybridized carbons (Fsp3) is 0.133. The minimum absolute atomic E-state index is 0.0364. The Morgan fingerprint density at radius 2 is 2.04 bits per heavy atom. The number of benzene rings is 2. The lowest BCUT2D eigenvalue weighted by atomic mass is 10.1. The van der Waals surface area contributed by atoms with Crippen LogP contribution in [0.1, 0.15) is 15.9 Å². The summed E-state index contributed by atoms with van der Waals surface area (Å²) in [6.45, 7) is 0.152. The van der Waals surface area contributed by atoms with Crippen LogP contribution >= 0.6 is 0 Å². The molecule has 2 aromatic carbocycles. The molecular formula is C15H12F2N2O4. The van der Waals surface area contributed by atoms with Crippen molar-refractivity contribution in [1.29, 1.82) is 0 Å². The first kappa shape index (κ1) is 14.9. The first-order chi connectivity index (χ1) is 10.9. The summed E-state index contributed by atoms with van der Waals surface area (Å²) >= 11 is 0. The van der Waals surface area contributed by atoms with E-state index < -0.39 is 12.3 Å². The van der Waals surface area contributed by atoms with E-state index in [1.54, 1.807) is 12.1 Å². The van der Waals surface area contributed by atoms with Crippen molar-refractivity contribution in [2.24, 2.45) is 0 Å². The van der Waals surface area contributed by atoms with E-state index in [9.17, 15) is 13.6 Å². The maximum atomic E-state index is 13.1. The van der Waals surface area contributed by atoms with Crippen molar-refractivity contribution in [1.82, 2.24) is 0 Å². The van der Waals surface area contributed by atoms with Crippen LogP contribution in [0.15, 0.2) is 36.4 Å². The van der Waals surface area contributed by atoms with Crippen molar-refractivity contribution < 1.29 is 28.2 Å². The lowest BCUT2D eigenvalue weighted by Crippen LogP contribution is -2.26. The van der Waals surface area contributed by atoms with Gasteiger partial charge < -0.3 is 25.6 Å². The summed E-state index contributed by atoms with van der Waals surface area (Å²) in [5, 5.41) is 11.8. The van der Waals surface area contributed by atoms with Crippen LogP contribution in [0.5, 0.6) is 11.5 Å². The summed E-state index contributed by atoms with van der Waals surface area (Å²) in [6, 6.07) is 8.78. The quantitative estimate of drug-likeness (QED) is 0.749. The third-order valence-electron chi connectivity index (χ3n) is 3.28. The van der Waals surface area contributed by atoms with Crippen LogP contribution in [0.25, 0.3) is 0 Å². The molecule has 1 aliphatic heterocycles. The number of nitrogens with one attached hydrogen (secondary N) is 1. The highest BCUT2D eigenvalue weighted by atomic mass is 19.3. The molecule has 0 aliphatic carbocycles. The summed E-state index contributed by atoms with van der Waals surface area (Å²) in [7, 11) is 0. The second kappa shape index (κ2) is 5.31. The van der Waals surface area contributed by atoms with Gasteiger partial charge in [-0.25, -0.2) is 4.79 Å². The number of halogens is 2. The van der Waals surface area contributed by atoms with Gasteiger partial charge >= 0.3 is 12.3 Å². The van der Waals surface area contributed by atoms with Gasteiger partial charge in [-0.15, -0.1) is 8.78 Å². The standard InChI is InChI=1S/C15H12F2N2O4/c16-15(17)22-12-3-1-2-9(13(12)23-15)7-19-11-5-4-8(14(20)21)6-10(11)18/h1-6,19H,7,18H2,(H,20,21). The molecule has 0 fully saturated rings. The van der Waals surface area contributed by atoms with Crippen molar-refractivity contribution in [3.8, 4) is 11.5 Å². The van der Waals surface area contributed by atoms with Gasteiger partial charge in [0.15, 0.2) is 11.5 Å². The topological polar surface area (TPSA) is 93.8 Å². The Morgan fingerprint density at radius 1 is 1.26 bits per heavy atom. The normalized spacial score (nSPS) is 14.5. The van der Waals surface area contributed by atoms with E-state index >= 15 is 0 Å². The number of rotatable bonds is 4. The van der Waals surface area contributed by atoms with Crippen LogP contribution in [-0.2, 0) is 6.54 Å². The molecule has 0 atom stereocenters. The molecule has 0 saturated heterocycles. The zero-order chi connectivity index (χ0) is 16.6. The molecule has 0 spiro atoms. The highest BCUT2D eigenvalue weighted by Gasteiger charge is 2.44. The maximum Gasteiger partial charge on any atom is 0.586 e. The van der Waals surface area contributed by atoms with Crippen LogP contribution < -0.4 is 20.5 Å². The first-order valence-corrected chi connectivity index (χ1v) is 6.60. The molecule has 0 bridgehead atoms. The average Bonchev–Trinajstić information content (AvgIpc) is 2.80. The Labute approximate surface area is 129 Å². The van der Waals surface area contributed by atoms with E-state index in [1.165, 1.54) is 24.3 Å². The number of carboxylic acids is 1. The summed E-state index contributed by atoms with van der Waals surface area (Å²) in [5.74, 6) is -1.16. The van der Waals surface area contributed by atoms with E-state index in [1.807, 2.05) is 0 Å². The van der Waals surface area contributed by atoms with Crippen LogP contribution in [0.2, 0.25) is 0 Å². The maximum absolute atomic E-state index is 13.1. The third kappa shape index (κ3) is 2.96. The summed E-state index contributed by atoms with van der Waals surface area (Å²) < 4.78 is 35.1. The highest BCUT2D eigenvalue weighted by molar-refractivity contribution is 5.90. The van der Waals surface area contributed by atoms with E-state index in [0.29, 0.717) is 11.3 Å². The fourth-order valence-corrected chi connectivity index (χ4v) is 2.21. The molecule has 120 valence electrons. The smallest absolute Gasteiger partial charge is 0.478 e. The van der Waals surface area contributed by atoms with Gasteiger partial charge in [0.25, 0.3) is 0 Å². The van der Waals surface area contributed by atoms with Gasteiger partial charge in [-0.2, -0.15) is 0 Å². The zero-order valence-corrected chi connectivity index (χ0v) is 11.7. The summed E-state index contributed by atoms with van der Waals surface area (Å²) in [4.78, 5) is 10.9. The molecule has 0 aromatic heterocycles. The monoisotopic (exact) mass is 322 g/mol. The zero-order valence-electron chi connectivity index (χ0n) is 11.7. The van der Waals surface area contributed by atoms with Crippen molar-refractivity contribution in [3.05, 3.63) is 47.5 Å². The first-order valence-electron chi connectivity index (χ1n) is 6.60. The number of nitrogens with two attached hydrogens (primary N) is 1. The molecule has 2 aromatic rings. The molecule has 0 radical (unpaired) electrons. The Balaban J connectivity index is 1.78. The third-order valence-corrected chi connectivity index (χ3v) is 3.28. The minimum atomic E-state index is -3.68. The second-order valence-electron chi connectivity index (χ2n) is 4.87. The van der Waals surface area contributed by atoms with Crippen molar-refractivity contribution >= 4 is 17.3 Å². The van der Waals surface area contributed by atoms with E-state index in [-0.39, 0.29) is 29.3 Å². The van der Waals surface area contributed by atoms with Gasteiger partial charge in [0.1, 0.15) is 0 Å². The molecule has 8 heteroatoms. The van der Waals surface area contributed by atoms with Crippen molar-refractivity contribution in [3.63, 3.8) is 0 Å². The van der Waals surface area contributed by atoms with Gasteiger partial charge in [0.05, 0.1) is 16.9 Å². The SMILES string of the molecule is Nc1cc(C(=O)O)ccc1NCc1cccc2c1OC(F)(F)O2. The predicted octanol–water partition coefficient (Wildman–Crippen LogP) is 2.90. The van der Waals surface area contributed by atoms with Crippen LogP contribution in [0, 0.1) is 0 Å². The van der Waals surface area contributed by atoms with Gasteiger partial charge in [-0.3, -0.25) is 0 Å². The number of carboxylic acid groups (broad SMARTS) is 1. The molecule has 0 amide bonds. The number of aromatic carboxylic acids is 1. The predicted molar refractivity (Wildman–Crippen MR) is 77.8 cm³/mol. The average molecular weight is 322 g/mol. The van der Waals surface area contributed by atoms with Crippen LogP contribution in [0.3, 0.4) is 0 Å². The van der Waals surface area contributed by atoms with Gasteiger partial charge in [0, 0.05) is 12.1 Å². The Bertz CT molecular complexity index is 780. The second-order valence-corrected chi connectivity index (χ2v) is 4.87. The number of alkyl halides is 2. The lowest BCUT2D eigenvalue weighted by Gasteiger charge is -2.11. The lowest BCUT2D eigenvalue weighted by molar-refractivity contribution is -0.286. The number of para-hydroxylation sites is 1. The number of hydrogen-bond donors (Lipinski definition) is 3. The summed E-state index contributed by atoms with van der Waals surface area (Å²) in [6.07, 6.45) is -3.68. The number of nitrogen functional groups attached to an aromatic ring is 1. The highest BCUT2D eigenvalue weighted by Crippen LogP contribution is 2.43. The number of carbonyl (C=O) groups is 1. The molecular weight excluding hydrogens is 310 g/mol. The van der Waals surface area contributed by atoms with Crippen LogP contribution in [0.4, 0.5) is 20.2 Å².